The zero-order valence-corrected chi connectivity index (χ0v) is 17.6. The third kappa shape index (κ3) is 5.94. The molecule has 154 valence electrons. The number of thioether (sulfide) groups is 1. The van der Waals surface area contributed by atoms with E-state index in [0.29, 0.717) is 17.1 Å². The smallest absolute Gasteiger partial charge is 0.341 e. The summed E-state index contributed by atoms with van der Waals surface area (Å²) >= 11 is 1.36. The quantitative estimate of drug-likeness (QED) is 0.413. The van der Waals surface area contributed by atoms with Crippen molar-refractivity contribution >= 4 is 23.6 Å². The zero-order valence-electron chi connectivity index (χ0n) is 16.8. The van der Waals surface area contributed by atoms with E-state index in [1.54, 1.807) is 18.3 Å². The monoisotopic (exact) mass is 420 g/mol. The van der Waals surface area contributed by atoms with E-state index < -0.39 is 5.97 Å². The molecule has 30 heavy (non-hydrogen) atoms. The molecular weight excluding hydrogens is 396 g/mol. The highest BCUT2D eigenvalue weighted by Gasteiger charge is 2.16. The number of carbonyl (C=O) groups is 2. The minimum absolute atomic E-state index is 0.176. The molecule has 0 radical (unpaired) electrons. The number of esters is 1. The fourth-order valence-electron chi connectivity index (χ4n) is 3.22. The lowest BCUT2D eigenvalue weighted by atomic mass is 9.88. The number of nitrogens with zero attached hydrogens (tertiary/aromatic N) is 1. The summed E-state index contributed by atoms with van der Waals surface area (Å²) in [4.78, 5) is 28.5. The highest BCUT2D eigenvalue weighted by atomic mass is 32.2. The second kappa shape index (κ2) is 11.2. The Morgan fingerprint density at radius 3 is 2.20 bits per heavy atom. The molecule has 3 aromatic rings. The summed E-state index contributed by atoms with van der Waals surface area (Å²) in [7, 11) is 0. The molecule has 1 N–H and O–H groups in total. The average molecular weight is 421 g/mol. The molecular formula is C24H24N2O3S. The molecule has 0 saturated carbocycles. The summed E-state index contributed by atoms with van der Waals surface area (Å²) in [6.45, 7) is 0.163. The predicted octanol–water partition coefficient (Wildman–Crippen LogP) is 4.30. The Morgan fingerprint density at radius 2 is 1.60 bits per heavy atom. The molecule has 0 aliphatic heterocycles. The molecule has 0 aliphatic rings. The van der Waals surface area contributed by atoms with Gasteiger partial charge in [-0.05, 0) is 35.9 Å². The van der Waals surface area contributed by atoms with Crippen molar-refractivity contribution in [3.8, 4) is 0 Å². The summed E-state index contributed by atoms with van der Waals surface area (Å²) in [5, 5.41) is 3.43. The molecule has 1 amide bonds. The van der Waals surface area contributed by atoms with Crippen molar-refractivity contribution in [1.29, 1.82) is 0 Å². The van der Waals surface area contributed by atoms with Gasteiger partial charge in [0.1, 0.15) is 5.03 Å². The van der Waals surface area contributed by atoms with E-state index in [-0.39, 0.29) is 18.4 Å². The van der Waals surface area contributed by atoms with Gasteiger partial charge in [0.05, 0.1) is 5.56 Å². The maximum atomic E-state index is 12.2. The minimum atomic E-state index is -0.547. The molecule has 0 bridgehead atoms. The van der Waals surface area contributed by atoms with Crippen molar-refractivity contribution in [2.45, 2.75) is 17.4 Å². The Labute approximate surface area is 180 Å². The van der Waals surface area contributed by atoms with Gasteiger partial charge < -0.3 is 10.1 Å². The molecule has 1 aromatic heterocycles. The highest BCUT2D eigenvalue weighted by Crippen LogP contribution is 2.27. The Morgan fingerprint density at radius 1 is 0.967 bits per heavy atom. The second-order valence-electron chi connectivity index (χ2n) is 6.65. The van der Waals surface area contributed by atoms with Gasteiger partial charge in [0, 0.05) is 18.7 Å². The van der Waals surface area contributed by atoms with E-state index in [1.807, 2.05) is 42.7 Å². The summed E-state index contributed by atoms with van der Waals surface area (Å²) in [6.07, 6.45) is 4.19. The van der Waals surface area contributed by atoms with Crippen molar-refractivity contribution in [2.75, 3.05) is 19.4 Å². The van der Waals surface area contributed by atoms with Crippen LogP contribution in [0.4, 0.5) is 0 Å². The topological polar surface area (TPSA) is 68.3 Å². The van der Waals surface area contributed by atoms with Crippen LogP contribution in [-0.4, -0.2) is 36.3 Å². The second-order valence-corrected chi connectivity index (χ2v) is 7.44. The lowest BCUT2D eigenvalue weighted by molar-refractivity contribution is -0.124. The third-order valence-electron chi connectivity index (χ3n) is 4.68. The maximum Gasteiger partial charge on any atom is 0.341 e. The summed E-state index contributed by atoms with van der Waals surface area (Å²) in [6, 6.07) is 23.8. The number of carbonyl (C=O) groups excluding carboxylic acids is 2. The van der Waals surface area contributed by atoms with Crippen molar-refractivity contribution in [1.82, 2.24) is 10.3 Å². The standard InChI is InChI=1S/C24H24N2O3S/c1-30-23-21(13-8-15-26-23)24(28)29-17-22(27)25-16-14-20(18-9-4-2-5-10-18)19-11-6-3-7-12-19/h2-13,15,20H,14,16-17H2,1H3,(H,25,27). The largest absolute Gasteiger partial charge is 0.452 e. The summed E-state index contributed by atoms with van der Waals surface area (Å²) in [5.74, 6) is -0.693. The number of hydrogen-bond donors (Lipinski definition) is 1. The number of benzene rings is 2. The fraction of sp³-hybridized carbons (Fsp3) is 0.208. The number of amides is 1. The van der Waals surface area contributed by atoms with Gasteiger partial charge in [-0.3, -0.25) is 4.79 Å². The van der Waals surface area contributed by atoms with Gasteiger partial charge >= 0.3 is 5.97 Å². The SMILES string of the molecule is CSc1ncccc1C(=O)OCC(=O)NCCC(c1ccccc1)c1ccccc1. The Hall–Kier alpha value is -3.12. The van der Waals surface area contributed by atoms with Crippen LogP contribution in [0, 0.1) is 0 Å². The van der Waals surface area contributed by atoms with Gasteiger partial charge in [-0.15, -0.1) is 11.8 Å². The number of aromatic nitrogens is 1. The molecule has 0 aliphatic carbocycles. The van der Waals surface area contributed by atoms with Crippen molar-refractivity contribution < 1.29 is 14.3 Å². The van der Waals surface area contributed by atoms with E-state index in [9.17, 15) is 9.59 Å². The lowest BCUT2D eigenvalue weighted by Gasteiger charge is -2.18. The van der Waals surface area contributed by atoms with Crippen LogP contribution in [-0.2, 0) is 9.53 Å². The first-order valence-electron chi connectivity index (χ1n) is 9.71. The van der Waals surface area contributed by atoms with Crippen LogP contribution in [0.2, 0.25) is 0 Å². The Bertz CT molecular complexity index is 925. The van der Waals surface area contributed by atoms with Gasteiger partial charge in [0.25, 0.3) is 5.91 Å². The summed E-state index contributed by atoms with van der Waals surface area (Å²) in [5.41, 5.74) is 2.77. The van der Waals surface area contributed by atoms with Crippen LogP contribution in [0.1, 0.15) is 33.8 Å². The summed E-state index contributed by atoms with van der Waals surface area (Å²) < 4.78 is 5.15. The molecule has 0 fully saturated rings. The molecule has 0 saturated heterocycles. The maximum absolute atomic E-state index is 12.2. The first kappa shape index (κ1) is 21.6. The number of hydrogen-bond acceptors (Lipinski definition) is 5. The Kier molecular flexibility index (Phi) is 8.03. The average Bonchev–Trinajstić information content (AvgIpc) is 2.81. The highest BCUT2D eigenvalue weighted by molar-refractivity contribution is 7.98. The lowest BCUT2D eigenvalue weighted by Crippen LogP contribution is -2.30. The molecule has 6 heteroatoms. The zero-order chi connectivity index (χ0) is 21.2. The molecule has 0 spiro atoms. The number of pyridine rings is 1. The van der Waals surface area contributed by atoms with E-state index in [4.69, 9.17) is 4.74 Å². The number of nitrogens with one attached hydrogen (secondary N) is 1. The molecule has 2 aromatic carbocycles. The van der Waals surface area contributed by atoms with Gasteiger partial charge in [0.2, 0.25) is 0 Å². The van der Waals surface area contributed by atoms with Crippen LogP contribution in [0.3, 0.4) is 0 Å². The van der Waals surface area contributed by atoms with Crippen LogP contribution >= 0.6 is 11.8 Å². The fourth-order valence-corrected chi connectivity index (χ4v) is 3.76. The van der Waals surface area contributed by atoms with Crippen LogP contribution < -0.4 is 5.32 Å². The first-order valence-corrected chi connectivity index (χ1v) is 10.9. The van der Waals surface area contributed by atoms with Crippen LogP contribution in [0.25, 0.3) is 0 Å². The van der Waals surface area contributed by atoms with Gasteiger partial charge in [-0.2, -0.15) is 0 Å². The van der Waals surface area contributed by atoms with Gasteiger partial charge in [0.15, 0.2) is 6.61 Å². The normalized spacial score (nSPS) is 10.6. The van der Waals surface area contributed by atoms with Gasteiger partial charge in [-0.25, -0.2) is 9.78 Å². The molecule has 0 unspecified atom stereocenters. The van der Waals surface area contributed by atoms with E-state index in [2.05, 4.69) is 34.6 Å². The predicted molar refractivity (Wildman–Crippen MR) is 119 cm³/mol. The van der Waals surface area contributed by atoms with E-state index >= 15 is 0 Å². The van der Waals surface area contributed by atoms with E-state index in [0.717, 1.165) is 6.42 Å². The molecule has 3 rings (SSSR count). The molecule has 1 heterocycles. The van der Waals surface area contributed by atoms with Gasteiger partial charge in [-0.1, -0.05) is 60.7 Å². The Balaban J connectivity index is 1.53. The van der Waals surface area contributed by atoms with Crippen molar-refractivity contribution in [2.24, 2.45) is 0 Å². The van der Waals surface area contributed by atoms with E-state index in [1.165, 1.54) is 22.9 Å². The van der Waals surface area contributed by atoms with Crippen molar-refractivity contribution in [3.63, 3.8) is 0 Å². The van der Waals surface area contributed by atoms with Crippen molar-refractivity contribution in [3.05, 3.63) is 95.7 Å². The minimum Gasteiger partial charge on any atom is -0.452 e. The van der Waals surface area contributed by atoms with Crippen LogP contribution in [0.5, 0.6) is 0 Å². The van der Waals surface area contributed by atoms with Crippen LogP contribution in [0.15, 0.2) is 84.0 Å². The number of ether oxygens (including phenoxy) is 1. The number of rotatable bonds is 9. The molecule has 5 nitrogen and oxygen atoms in total. The third-order valence-corrected chi connectivity index (χ3v) is 5.39. The molecule has 0 atom stereocenters. The first-order chi connectivity index (χ1) is 14.7.